The van der Waals surface area contributed by atoms with Gasteiger partial charge in [-0.1, -0.05) is 60.2 Å². The Balaban J connectivity index is 1.55. The van der Waals surface area contributed by atoms with Gasteiger partial charge in [-0.3, -0.25) is 4.79 Å². The fourth-order valence-corrected chi connectivity index (χ4v) is 4.72. The lowest BCUT2D eigenvalue weighted by Gasteiger charge is -2.34. The van der Waals surface area contributed by atoms with E-state index >= 15 is 0 Å². The SMILES string of the molecule is Cc1cccc(CC(=O)N2CCN(S(=O)(=O)Cc3ccccc3)CC2)c1. The van der Waals surface area contributed by atoms with Crippen LogP contribution in [0.3, 0.4) is 0 Å². The number of benzene rings is 2. The van der Waals surface area contributed by atoms with Crippen molar-refractivity contribution in [3.8, 4) is 0 Å². The summed E-state index contributed by atoms with van der Waals surface area (Å²) in [5.41, 5.74) is 2.91. The van der Waals surface area contributed by atoms with E-state index in [1.54, 1.807) is 4.90 Å². The lowest BCUT2D eigenvalue weighted by atomic mass is 10.1. The lowest BCUT2D eigenvalue weighted by Crippen LogP contribution is -2.51. The van der Waals surface area contributed by atoms with Crippen LogP contribution in [0.4, 0.5) is 0 Å². The fraction of sp³-hybridized carbons (Fsp3) is 0.350. The zero-order valence-corrected chi connectivity index (χ0v) is 15.8. The fourth-order valence-electron chi connectivity index (χ4n) is 3.20. The summed E-state index contributed by atoms with van der Waals surface area (Å²) in [6.45, 7) is 3.60. The summed E-state index contributed by atoms with van der Waals surface area (Å²) in [6.07, 6.45) is 0.360. The molecule has 1 aliphatic heterocycles. The summed E-state index contributed by atoms with van der Waals surface area (Å²) < 4.78 is 26.7. The van der Waals surface area contributed by atoms with Gasteiger partial charge < -0.3 is 4.90 Å². The number of hydrogen-bond acceptors (Lipinski definition) is 3. The number of rotatable bonds is 5. The van der Waals surface area contributed by atoms with Crippen molar-refractivity contribution in [2.24, 2.45) is 0 Å². The van der Waals surface area contributed by atoms with Crippen molar-refractivity contribution in [1.29, 1.82) is 0 Å². The molecule has 0 N–H and O–H groups in total. The van der Waals surface area contributed by atoms with Gasteiger partial charge in [0.05, 0.1) is 12.2 Å². The molecule has 0 unspecified atom stereocenters. The first-order valence-electron chi connectivity index (χ1n) is 8.79. The van der Waals surface area contributed by atoms with Gasteiger partial charge in [-0.05, 0) is 18.1 Å². The van der Waals surface area contributed by atoms with Crippen LogP contribution in [0.15, 0.2) is 54.6 Å². The first kappa shape index (κ1) is 18.6. The van der Waals surface area contributed by atoms with E-state index < -0.39 is 10.0 Å². The zero-order chi connectivity index (χ0) is 18.6. The van der Waals surface area contributed by atoms with E-state index in [9.17, 15) is 13.2 Å². The highest BCUT2D eigenvalue weighted by atomic mass is 32.2. The van der Waals surface area contributed by atoms with Gasteiger partial charge in [0.2, 0.25) is 15.9 Å². The quantitative estimate of drug-likeness (QED) is 0.809. The summed E-state index contributed by atoms with van der Waals surface area (Å²) in [7, 11) is -3.35. The molecule has 0 spiro atoms. The van der Waals surface area contributed by atoms with E-state index in [1.165, 1.54) is 4.31 Å². The molecule has 1 saturated heterocycles. The normalized spacial score (nSPS) is 15.8. The summed E-state index contributed by atoms with van der Waals surface area (Å²) in [5.74, 6) is 0.0566. The van der Waals surface area contributed by atoms with Gasteiger partial charge in [0.25, 0.3) is 0 Å². The molecule has 1 fully saturated rings. The number of amides is 1. The van der Waals surface area contributed by atoms with E-state index in [1.807, 2.05) is 61.5 Å². The molecule has 3 rings (SSSR count). The average molecular weight is 372 g/mol. The van der Waals surface area contributed by atoms with Crippen LogP contribution in [0, 0.1) is 6.92 Å². The van der Waals surface area contributed by atoms with Gasteiger partial charge in [0, 0.05) is 26.2 Å². The summed E-state index contributed by atoms with van der Waals surface area (Å²) in [6, 6.07) is 17.1. The van der Waals surface area contributed by atoms with Crippen molar-refractivity contribution in [1.82, 2.24) is 9.21 Å². The highest BCUT2D eigenvalue weighted by Gasteiger charge is 2.28. The Bertz CT molecular complexity index is 858. The Hall–Kier alpha value is -2.18. The molecule has 1 heterocycles. The molecule has 0 radical (unpaired) electrons. The Morgan fingerprint density at radius 3 is 2.23 bits per heavy atom. The molecule has 0 aliphatic carbocycles. The molecule has 0 aromatic heterocycles. The molecule has 0 bridgehead atoms. The molecule has 26 heavy (non-hydrogen) atoms. The van der Waals surface area contributed by atoms with Crippen LogP contribution in [0.2, 0.25) is 0 Å². The van der Waals surface area contributed by atoms with Crippen LogP contribution >= 0.6 is 0 Å². The number of aryl methyl sites for hydroxylation is 1. The largest absolute Gasteiger partial charge is 0.340 e. The number of piperazine rings is 1. The van der Waals surface area contributed by atoms with Crippen molar-refractivity contribution in [3.63, 3.8) is 0 Å². The van der Waals surface area contributed by atoms with Gasteiger partial charge in [-0.2, -0.15) is 4.31 Å². The summed E-state index contributed by atoms with van der Waals surface area (Å²) in [4.78, 5) is 14.2. The summed E-state index contributed by atoms with van der Waals surface area (Å²) >= 11 is 0. The predicted molar refractivity (Wildman–Crippen MR) is 102 cm³/mol. The predicted octanol–water partition coefficient (Wildman–Crippen LogP) is 2.21. The molecular weight excluding hydrogens is 348 g/mol. The van der Waals surface area contributed by atoms with E-state index in [0.29, 0.717) is 32.6 Å². The highest BCUT2D eigenvalue weighted by Crippen LogP contribution is 2.15. The third-order valence-corrected chi connectivity index (χ3v) is 6.46. The molecule has 6 heteroatoms. The molecule has 2 aromatic carbocycles. The minimum atomic E-state index is -3.35. The molecule has 138 valence electrons. The topological polar surface area (TPSA) is 57.7 Å². The molecular formula is C20H24N2O3S. The first-order valence-corrected chi connectivity index (χ1v) is 10.4. The van der Waals surface area contributed by atoms with Crippen molar-refractivity contribution in [3.05, 3.63) is 71.3 Å². The van der Waals surface area contributed by atoms with Crippen LogP contribution in [0.25, 0.3) is 0 Å². The monoisotopic (exact) mass is 372 g/mol. The van der Waals surface area contributed by atoms with Gasteiger partial charge in [0.15, 0.2) is 0 Å². The van der Waals surface area contributed by atoms with Crippen molar-refractivity contribution >= 4 is 15.9 Å². The molecule has 0 saturated carbocycles. The highest BCUT2D eigenvalue weighted by molar-refractivity contribution is 7.88. The minimum absolute atomic E-state index is 0.00504. The van der Waals surface area contributed by atoms with E-state index in [4.69, 9.17) is 0 Å². The average Bonchev–Trinajstić information content (AvgIpc) is 2.62. The van der Waals surface area contributed by atoms with Crippen molar-refractivity contribution in [2.75, 3.05) is 26.2 Å². The second-order valence-electron chi connectivity index (χ2n) is 6.69. The maximum absolute atomic E-state index is 12.6. The molecule has 1 aliphatic rings. The second kappa shape index (κ2) is 8.01. The molecule has 0 atom stereocenters. The third-order valence-electron chi connectivity index (χ3n) is 4.61. The molecule has 5 nitrogen and oxygen atoms in total. The minimum Gasteiger partial charge on any atom is -0.340 e. The maximum atomic E-state index is 12.6. The van der Waals surface area contributed by atoms with Crippen molar-refractivity contribution < 1.29 is 13.2 Å². The van der Waals surface area contributed by atoms with Crippen LogP contribution in [0.1, 0.15) is 16.7 Å². The Morgan fingerprint density at radius 2 is 1.58 bits per heavy atom. The van der Waals surface area contributed by atoms with Gasteiger partial charge in [-0.25, -0.2) is 8.42 Å². The third kappa shape index (κ3) is 4.71. The Morgan fingerprint density at radius 1 is 0.923 bits per heavy atom. The summed E-state index contributed by atoms with van der Waals surface area (Å²) in [5, 5.41) is 0. The number of hydrogen-bond donors (Lipinski definition) is 0. The first-order chi connectivity index (χ1) is 12.4. The number of sulfonamides is 1. The van der Waals surface area contributed by atoms with Gasteiger partial charge in [-0.15, -0.1) is 0 Å². The van der Waals surface area contributed by atoms with Crippen LogP contribution in [0.5, 0.6) is 0 Å². The zero-order valence-electron chi connectivity index (χ0n) is 15.0. The number of carbonyl (C=O) groups excluding carboxylic acids is 1. The van der Waals surface area contributed by atoms with E-state index in [-0.39, 0.29) is 11.7 Å². The van der Waals surface area contributed by atoms with Crippen LogP contribution in [-0.2, 0) is 27.0 Å². The molecule has 2 aromatic rings. The number of nitrogens with zero attached hydrogens (tertiary/aromatic N) is 2. The standard InChI is InChI=1S/C20H24N2O3S/c1-17-6-5-9-19(14-17)15-20(23)21-10-12-22(13-11-21)26(24,25)16-18-7-3-2-4-8-18/h2-9,14H,10-13,15-16H2,1H3. The lowest BCUT2D eigenvalue weighted by molar-refractivity contribution is -0.131. The maximum Gasteiger partial charge on any atom is 0.227 e. The van der Waals surface area contributed by atoms with Crippen LogP contribution in [-0.4, -0.2) is 49.7 Å². The smallest absolute Gasteiger partial charge is 0.227 e. The van der Waals surface area contributed by atoms with E-state index in [0.717, 1.165) is 16.7 Å². The van der Waals surface area contributed by atoms with Gasteiger partial charge >= 0.3 is 0 Å². The molecule has 1 amide bonds. The van der Waals surface area contributed by atoms with Crippen LogP contribution < -0.4 is 0 Å². The second-order valence-corrected chi connectivity index (χ2v) is 8.66. The van der Waals surface area contributed by atoms with Crippen molar-refractivity contribution in [2.45, 2.75) is 19.1 Å². The van der Waals surface area contributed by atoms with Gasteiger partial charge in [0.1, 0.15) is 0 Å². The Labute approximate surface area is 155 Å². The number of carbonyl (C=O) groups is 1. The Kier molecular flexibility index (Phi) is 5.74. The van der Waals surface area contributed by atoms with E-state index in [2.05, 4.69) is 0 Å².